The van der Waals surface area contributed by atoms with E-state index >= 15 is 0 Å². The third-order valence-electron chi connectivity index (χ3n) is 2.51. The summed E-state index contributed by atoms with van der Waals surface area (Å²) in [4.78, 5) is 19.9. The monoisotopic (exact) mass is 276 g/mol. The van der Waals surface area contributed by atoms with Gasteiger partial charge in [0.25, 0.3) is 5.91 Å². The minimum absolute atomic E-state index is 0.135. The van der Waals surface area contributed by atoms with Crippen molar-refractivity contribution < 1.29 is 4.79 Å². The van der Waals surface area contributed by atoms with Crippen LogP contribution in [0.5, 0.6) is 0 Å². The van der Waals surface area contributed by atoms with Gasteiger partial charge in [0, 0.05) is 18.3 Å². The summed E-state index contributed by atoms with van der Waals surface area (Å²) in [5.41, 5.74) is 6.73. The maximum absolute atomic E-state index is 11.7. The van der Waals surface area contributed by atoms with E-state index in [4.69, 9.17) is 17.3 Å². The minimum Gasteiger partial charge on any atom is -0.383 e. The Balaban J connectivity index is 2.39. The zero-order chi connectivity index (χ0) is 13.8. The number of benzene rings is 1. The number of nitrogen functional groups attached to an aromatic ring is 1. The number of aromatic nitrogens is 2. The molecule has 98 valence electrons. The molecule has 1 amide bonds. The van der Waals surface area contributed by atoms with Gasteiger partial charge in [-0.25, -0.2) is 9.97 Å². The van der Waals surface area contributed by atoms with Crippen molar-refractivity contribution in [2.24, 2.45) is 0 Å². The highest BCUT2D eigenvalue weighted by Gasteiger charge is 2.13. The molecule has 0 unspecified atom stereocenters. The van der Waals surface area contributed by atoms with Crippen LogP contribution in [0, 0.1) is 0 Å². The van der Waals surface area contributed by atoms with Crippen LogP contribution in [-0.2, 0) is 0 Å². The van der Waals surface area contributed by atoms with E-state index in [1.165, 1.54) is 6.20 Å². The van der Waals surface area contributed by atoms with Gasteiger partial charge in [0.05, 0.1) is 10.6 Å². The Morgan fingerprint density at radius 1 is 1.42 bits per heavy atom. The molecular formula is C13H13ClN4O. The standard InChI is InChI=1S/C13H13ClN4O/c1-2-16-13(19)9-7-17-12(18-11(9)15)8-5-3-4-6-10(8)14/h3-7H,2H2,1H3,(H,16,19)(H2,15,17,18). The zero-order valence-electron chi connectivity index (χ0n) is 10.4. The number of anilines is 1. The van der Waals surface area contributed by atoms with Gasteiger partial charge < -0.3 is 11.1 Å². The van der Waals surface area contributed by atoms with E-state index in [2.05, 4.69) is 15.3 Å². The van der Waals surface area contributed by atoms with Gasteiger partial charge in [0.1, 0.15) is 5.82 Å². The van der Waals surface area contributed by atoms with Crippen molar-refractivity contribution in [2.45, 2.75) is 6.92 Å². The van der Waals surface area contributed by atoms with E-state index in [1.54, 1.807) is 12.1 Å². The summed E-state index contributed by atoms with van der Waals surface area (Å²) in [6.07, 6.45) is 1.41. The van der Waals surface area contributed by atoms with E-state index in [9.17, 15) is 4.79 Å². The molecule has 0 aliphatic rings. The van der Waals surface area contributed by atoms with E-state index in [0.717, 1.165) is 0 Å². The fourth-order valence-corrected chi connectivity index (χ4v) is 1.82. The Morgan fingerprint density at radius 2 is 2.16 bits per heavy atom. The van der Waals surface area contributed by atoms with Crippen LogP contribution in [-0.4, -0.2) is 22.4 Å². The lowest BCUT2D eigenvalue weighted by Gasteiger charge is -2.07. The molecule has 0 bridgehead atoms. The van der Waals surface area contributed by atoms with Gasteiger partial charge >= 0.3 is 0 Å². The second-order valence-electron chi connectivity index (χ2n) is 3.83. The highest BCUT2D eigenvalue weighted by molar-refractivity contribution is 6.33. The van der Waals surface area contributed by atoms with Gasteiger partial charge in [-0.1, -0.05) is 23.7 Å². The first-order valence-corrected chi connectivity index (χ1v) is 6.17. The van der Waals surface area contributed by atoms with Crippen molar-refractivity contribution in [1.29, 1.82) is 0 Å². The molecule has 0 saturated carbocycles. The van der Waals surface area contributed by atoms with Crippen LogP contribution in [0.25, 0.3) is 11.4 Å². The summed E-state index contributed by atoms with van der Waals surface area (Å²) in [6.45, 7) is 2.34. The molecule has 19 heavy (non-hydrogen) atoms. The van der Waals surface area contributed by atoms with Gasteiger partial charge in [0.2, 0.25) is 0 Å². The number of carbonyl (C=O) groups is 1. The summed E-state index contributed by atoms with van der Waals surface area (Å²) in [5.74, 6) is 0.248. The third kappa shape index (κ3) is 2.82. The zero-order valence-corrected chi connectivity index (χ0v) is 11.1. The summed E-state index contributed by atoms with van der Waals surface area (Å²) in [5, 5.41) is 3.18. The number of halogens is 1. The van der Waals surface area contributed by atoms with Gasteiger partial charge in [-0.05, 0) is 19.1 Å². The van der Waals surface area contributed by atoms with Crippen LogP contribution < -0.4 is 11.1 Å². The lowest BCUT2D eigenvalue weighted by Crippen LogP contribution is -2.24. The second kappa shape index (κ2) is 5.67. The number of hydrogen-bond acceptors (Lipinski definition) is 4. The van der Waals surface area contributed by atoms with Crippen molar-refractivity contribution in [1.82, 2.24) is 15.3 Å². The summed E-state index contributed by atoms with van der Waals surface area (Å²) >= 11 is 6.06. The highest BCUT2D eigenvalue weighted by Crippen LogP contribution is 2.25. The number of nitrogens with one attached hydrogen (secondary N) is 1. The summed E-state index contributed by atoms with van der Waals surface area (Å²) in [7, 11) is 0. The average Bonchev–Trinajstić information content (AvgIpc) is 2.39. The number of hydrogen-bond donors (Lipinski definition) is 2. The van der Waals surface area contributed by atoms with Crippen molar-refractivity contribution in [3.8, 4) is 11.4 Å². The van der Waals surface area contributed by atoms with E-state index in [-0.39, 0.29) is 17.3 Å². The fraction of sp³-hybridized carbons (Fsp3) is 0.154. The first kappa shape index (κ1) is 13.3. The molecule has 5 nitrogen and oxygen atoms in total. The molecule has 1 aromatic heterocycles. The molecule has 1 heterocycles. The Hall–Kier alpha value is -2.14. The van der Waals surface area contributed by atoms with Gasteiger partial charge in [-0.3, -0.25) is 4.79 Å². The molecule has 0 saturated heterocycles. The third-order valence-corrected chi connectivity index (χ3v) is 2.84. The molecule has 0 radical (unpaired) electrons. The number of rotatable bonds is 3. The Morgan fingerprint density at radius 3 is 2.79 bits per heavy atom. The van der Waals surface area contributed by atoms with Gasteiger partial charge in [-0.15, -0.1) is 0 Å². The number of carbonyl (C=O) groups excluding carboxylic acids is 1. The average molecular weight is 277 g/mol. The lowest BCUT2D eigenvalue weighted by molar-refractivity contribution is 0.0956. The molecule has 0 atom stereocenters. The number of amides is 1. The topological polar surface area (TPSA) is 80.9 Å². The van der Waals surface area contributed by atoms with Crippen LogP contribution in [0.1, 0.15) is 17.3 Å². The minimum atomic E-state index is -0.286. The predicted octanol–water partition coefficient (Wildman–Crippen LogP) is 2.13. The smallest absolute Gasteiger partial charge is 0.256 e. The molecule has 2 aromatic rings. The van der Waals surface area contributed by atoms with Crippen LogP contribution in [0.2, 0.25) is 5.02 Å². The SMILES string of the molecule is CCNC(=O)c1cnc(-c2ccccc2Cl)nc1N. The molecule has 6 heteroatoms. The van der Waals surface area contributed by atoms with E-state index in [0.29, 0.717) is 23.0 Å². The van der Waals surface area contributed by atoms with E-state index in [1.807, 2.05) is 19.1 Å². The molecule has 2 rings (SSSR count). The Bertz CT molecular complexity index is 615. The largest absolute Gasteiger partial charge is 0.383 e. The summed E-state index contributed by atoms with van der Waals surface area (Å²) < 4.78 is 0. The van der Waals surface area contributed by atoms with Crippen molar-refractivity contribution >= 4 is 23.3 Å². The molecule has 3 N–H and O–H groups in total. The summed E-state index contributed by atoms with van der Waals surface area (Å²) in [6, 6.07) is 7.19. The molecular weight excluding hydrogens is 264 g/mol. The van der Waals surface area contributed by atoms with Crippen molar-refractivity contribution in [3.63, 3.8) is 0 Å². The first-order valence-electron chi connectivity index (χ1n) is 5.79. The van der Waals surface area contributed by atoms with E-state index < -0.39 is 0 Å². The van der Waals surface area contributed by atoms with Crippen molar-refractivity contribution in [2.75, 3.05) is 12.3 Å². The number of nitrogens with zero attached hydrogens (tertiary/aromatic N) is 2. The van der Waals surface area contributed by atoms with Crippen molar-refractivity contribution in [3.05, 3.63) is 41.0 Å². The predicted molar refractivity (Wildman–Crippen MR) is 74.9 cm³/mol. The number of nitrogens with two attached hydrogens (primary N) is 1. The Kier molecular flexibility index (Phi) is 3.97. The molecule has 0 fully saturated rings. The Labute approximate surface area is 115 Å². The highest BCUT2D eigenvalue weighted by atomic mass is 35.5. The fourth-order valence-electron chi connectivity index (χ4n) is 1.60. The van der Waals surface area contributed by atoms with Gasteiger partial charge in [-0.2, -0.15) is 0 Å². The molecule has 0 aliphatic carbocycles. The molecule has 0 aliphatic heterocycles. The lowest BCUT2D eigenvalue weighted by atomic mass is 10.2. The normalized spacial score (nSPS) is 10.2. The van der Waals surface area contributed by atoms with Crippen LogP contribution in [0.15, 0.2) is 30.5 Å². The van der Waals surface area contributed by atoms with Gasteiger partial charge in [0.15, 0.2) is 5.82 Å². The maximum atomic E-state index is 11.7. The van der Waals surface area contributed by atoms with Crippen LogP contribution in [0.4, 0.5) is 5.82 Å². The maximum Gasteiger partial charge on any atom is 0.256 e. The quantitative estimate of drug-likeness (QED) is 0.900. The van der Waals surface area contributed by atoms with Crippen LogP contribution >= 0.6 is 11.6 Å². The first-order chi connectivity index (χ1) is 9.13. The molecule has 1 aromatic carbocycles. The van der Waals surface area contributed by atoms with Crippen LogP contribution in [0.3, 0.4) is 0 Å². The second-order valence-corrected chi connectivity index (χ2v) is 4.24. The molecule has 0 spiro atoms.